The first-order chi connectivity index (χ1) is 6.59. The molecule has 0 heterocycles. The number of carbonyl (C=O) groups is 1. The lowest BCUT2D eigenvalue weighted by Crippen LogP contribution is -2.20. The number of hydrogen-bond donors (Lipinski definition) is 3. The van der Waals surface area contributed by atoms with E-state index in [0.29, 0.717) is 11.3 Å². The van der Waals surface area contributed by atoms with Crippen LogP contribution in [0.3, 0.4) is 0 Å². The van der Waals surface area contributed by atoms with E-state index in [9.17, 15) is 9.00 Å². The number of amides is 2. The number of primary amides is 1. The summed E-state index contributed by atoms with van der Waals surface area (Å²) in [5.41, 5.74) is 5.97. The maximum atomic E-state index is 10.6. The highest BCUT2D eigenvalue weighted by molar-refractivity contribution is 7.78. The summed E-state index contributed by atoms with van der Waals surface area (Å²) < 4.78 is 19.3. The molecule has 2 amide bonds. The number of nitrogens with two attached hydrogens (primary N) is 1. The molecule has 0 radical (unpaired) electrons. The van der Waals surface area contributed by atoms with Crippen LogP contribution < -0.4 is 11.1 Å². The molecule has 1 rings (SSSR count). The van der Waals surface area contributed by atoms with E-state index in [1.54, 1.807) is 24.3 Å². The molecule has 0 bridgehead atoms. The summed E-state index contributed by atoms with van der Waals surface area (Å²) in [5.74, 6) is -0.0313. The van der Waals surface area contributed by atoms with Crippen LogP contribution in [-0.4, -0.2) is 14.8 Å². The zero-order valence-corrected chi connectivity index (χ0v) is 8.08. The van der Waals surface area contributed by atoms with Crippen molar-refractivity contribution in [2.45, 2.75) is 5.75 Å². The van der Waals surface area contributed by atoms with Crippen LogP contribution in [0.25, 0.3) is 0 Å². The third-order valence-electron chi connectivity index (χ3n) is 1.55. The molecule has 0 aliphatic rings. The van der Waals surface area contributed by atoms with Gasteiger partial charge in [0.25, 0.3) is 0 Å². The van der Waals surface area contributed by atoms with Gasteiger partial charge in [-0.2, -0.15) is 0 Å². The second-order valence-electron chi connectivity index (χ2n) is 2.61. The van der Waals surface area contributed by atoms with Crippen molar-refractivity contribution in [3.8, 4) is 0 Å². The quantitative estimate of drug-likeness (QED) is 0.652. The number of para-hydroxylation sites is 1. The smallest absolute Gasteiger partial charge is 0.316 e. The number of benzene rings is 1. The zero-order chi connectivity index (χ0) is 10.6. The Kier molecular flexibility index (Phi) is 3.61. The molecule has 14 heavy (non-hydrogen) atoms. The van der Waals surface area contributed by atoms with Crippen molar-refractivity contribution < 1.29 is 13.6 Å². The lowest BCUT2D eigenvalue weighted by molar-refractivity contribution is 0.259. The Bertz CT molecular complexity index is 332. The Balaban J connectivity index is 2.90. The average molecular weight is 214 g/mol. The van der Waals surface area contributed by atoms with E-state index >= 15 is 0 Å². The second-order valence-corrected chi connectivity index (χ2v) is 3.54. The monoisotopic (exact) mass is 214 g/mol. The summed E-state index contributed by atoms with van der Waals surface area (Å²) in [5, 5.41) is 2.37. The Labute approximate surface area is 83.6 Å². The summed E-state index contributed by atoms with van der Waals surface area (Å²) in [4.78, 5) is 10.6. The van der Waals surface area contributed by atoms with E-state index in [2.05, 4.69) is 5.32 Å². The molecular formula is C8H10N2O3S. The first-order valence-electron chi connectivity index (χ1n) is 3.81. The van der Waals surface area contributed by atoms with Crippen molar-refractivity contribution in [2.75, 3.05) is 5.32 Å². The van der Waals surface area contributed by atoms with Crippen molar-refractivity contribution in [1.29, 1.82) is 0 Å². The lowest BCUT2D eigenvalue weighted by atomic mass is 10.2. The summed E-state index contributed by atoms with van der Waals surface area (Å²) in [6, 6.07) is 6.00. The summed E-state index contributed by atoms with van der Waals surface area (Å²) in [6.45, 7) is 0. The van der Waals surface area contributed by atoms with E-state index < -0.39 is 17.1 Å². The van der Waals surface area contributed by atoms with E-state index in [-0.39, 0.29) is 5.75 Å². The molecule has 1 aromatic carbocycles. The normalized spacial score (nSPS) is 12.1. The largest absolute Gasteiger partial charge is 0.351 e. The number of carbonyl (C=O) groups excluding carboxylic acids is 1. The van der Waals surface area contributed by atoms with Gasteiger partial charge in [0.15, 0.2) is 11.1 Å². The number of rotatable bonds is 3. The summed E-state index contributed by atoms with van der Waals surface area (Å²) in [6.07, 6.45) is 0. The summed E-state index contributed by atoms with van der Waals surface area (Å²) in [7, 11) is 0. The summed E-state index contributed by atoms with van der Waals surface area (Å²) >= 11 is -1.93. The Morgan fingerprint density at radius 3 is 2.71 bits per heavy atom. The van der Waals surface area contributed by atoms with Gasteiger partial charge in [0.2, 0.25) is 0 Å². The minimum atomic E-state index is -1.93. The Morgan fingerprint density at radius 2 is 2.14 bits per heavy atom. The van der Waals surface area contributed by atoms with Crippen LogP contribution in [0.2, 0.25) is 0 Å². The van der Waals surface area contributed by atoms with Gasteiger partial charge in [-0.1, -0.05) is 18.2 Å². The fourth-order valence-electron chi connectivity index (χ4n) is 1.03. The van der Waals surface area contributed by atoms with Gasteiger partial charge in [-0.05, 0) is 11.6 Å². The van der Waals surface area contributed by atoms with Gasteiger partial charge in [-0.15, -0.1) is 0 Å². The van der Waals surface area contributed by atoms with E-state index in [1.807, 2.05) is 0 Å². The molecule has 0 fully saturated rings. The maximum Gasteiger partial charge on any atom is 0.316 e. The predicted molar refractivity (Wildman–Crippen MR) is 54.1 cm³/mol. The lowest BCUT2D eigenvalue weighted by Gasteiger charge is -2.06. The van der Waals surface area contributed by atoms with Crippen LogP contribution in [0.1, 0.15) is 5.56 Å². The van der Waals surface area contributed by atoms with Gasteiger partial charge >= 0.3 is 6.03 Å². The molecule has 0 saturated heterocycles. The standard InChI is InChI=1S/C8H10N2O3S/c9-8(11)10-7-4-2-1-3-6(7)5-14(12)13/h1-4H,5H2,(H,12,13)(H3,9,10,11). The average Bonchev–Trinajstić information content (AvgIpc) is 2.06. The van der Waals surface area contributed by atoms with Gasteiger partial charge in [-0.25, -0.2) is 9.00 Å². The van der Waals surface area contributed by atoms with Gasteiger partial charge < -0.3 is 15.6 Å². The molecule has 0 aromatic heterocycles. The van der Waals surface area contributed by atoms with Crippen molar-refractivity contribution in [3.63, 3.8) is 0 Å². The topological polar surface area (TPSA) is 92.4 Å². The van der Waals surface area contributed by atoms with E-state index in [4.69, 9.17) is 10.3 Å². The van der Waals surface area contributed by atoms with Crippen molar-refractivity contribution in [2.24, 2.45) is 5.73 Å². The fraction of sp³-hybridized carbons (Fsp3) is 0.125. The first-order valence-corrected chi connectivity index (χ1v) is 5.09. The number of anilines is 1. The molecule has 0 saturated carbocycles. The minimum absolute atomic E-state index is 0.0313. The number of hydrogen-bond acceptors (Lipinski definition) is 2. The molecule has 1 atom stereocenters. The van der Waals surface area contributed by atoms with Crippen molar-refractivity contribution in [1.82, 2.24) is 0 Å². The minimum Gasteiger partial charge on any atom is -0.351 e. The molecule has 4 N–H and O–H groups in total. The highest BCUT2D eigenvalue weighted by atomic mass is 32.2. The van der Waals surface area contributed by atoms with Gasteiger partial charge in [0, 0.05) is 5.69 Å². The van der Waals surface area contributed by atoms with Gasteiger partial charge in [-0.3, -0.25) is 0 Å². The predicted octanol–water partition coefficient (Wildman–Crippen LogP) is 0.899. The second kappa shape index (κ2) is 4.73. The highest BCUT2D eigenvalue weighted by Crippen LogP contribution is 2.15. The molecule has 1 unspecified atom stereocenters. The Hall–Kier alpha value is -1.40. The molecule has 6 heteroatoms. The highest BCUT2D eigenvalue weighted by Gasteiger charge is 2.05. The SMILES string of the molecule is NC(=O)Nc1ccccc1CS(=O)O. The molecule has 1 aromatic rings. The van der Waals surface area contributed by atoms with E-state index in [0.717, 1.165) is 0 Å². The molecular weight excluding hydrogens is 204 g/mol. The van der Waals surface area contributed by atoms with E-state index in [1.165, 1.54) is 0 Å². The maximum absolute atomic E-state index is 10.6. The van der Waals surface area contributed by atoms with Crippen LogP contribution in [0.4, 0.5) is 10.5 Å². The third kappa shape index (κ3) is 3.15. The van der Waals surface area contributed by atoms with Crippen molar-refractivity contribution in [3.05, 3.63) is 29.8 Å². The van der Waals surface area contributed by atoms with Crippen molar-refractivity contribution >= 4 is 22.8 Å². The van der Waals surface area contributed by atoms with Crippen LogP contribution in [0, 0.1) is 0 Å². The van der Waals surface area contributed by atoms with Crippen LogP contribution >= 0.6 is 0 Å². The Morgan fingerprint density at radius 1 is 1.50 bits per heavy atom. The third-order valence-corrected chi connectivity index (χ3v) is 2.11. The molecule has 0 aliphatic heterocycles. The number of urea groups is 1. The van der Waals surface area contributed by atoms with Crippen LogP contribution in [0.5, 0.6) is 0 Å². The van der Waals surface area contributed by atoms with Gasteiger partial charge in [0.1, 0.15) is 0 Å². The molecule has 5 nitrogen and oxygen atoms in total. The first kappa shape index (κ1) is 10.7. The van der Waals surface area contributed by atoms with Crippen LogP contribution in [0.15, 0.2) is 24.3 Å². The molecule has 0 aliphatic carbocycles. The zero-order valence-electron chi connectivity index (χ0n) is 7.27. The molecule has 0 spiro atoms. The van der Waals surface area contributed by atoms with Gasteiger partial charge in [0.05, 0.1) is 5.75 Å². The fourth-order valence-corrected chi connectivity index (χ4v) is 1.55. The molecule has 76 valence electrons. The number of nitrogens with one attached hydrogen (secondary N) is 1. The van der Waals surface area contributed by atoms with Crippen LogP contribution in [-0.2, 0) is 16.8 Å².